The summed E-state index contributed by atoms with van der Waals surface area (Å²) in [4.78, 5) is 51.1. The minimum absolute atomic E-state index is 0.111. The molecular weight excluding hydrogens is 530 g/mol. The van der Waals surface area contributed by atoms with Crippen molar-refractivity contribution in [3.8, 4) is 0 Å². The van der Waals surface area contributed by atoms with Crippen molar-refractivity contribution in [1.82, 2.24) is 10.6 Å². The smallest absolute Gasteiger partial charge is 0.405 e. The Morgan fingerprint density at radius 2 is 1.85 bits per heavy atom. The number of nitrogens with two attached hydrogens (primary N) is 1. The van der Waals surface area contributed by atoms with E-state index in [4.69, 9.17) is 19.9 Å². The van der Waals surface area contributed by atoms with E-state index in [9.17, 15) is 24.3 Å². The second-order valence-corrected chi connectivity index (χ2v) is 10.5. The van der Waals surface area contributed by atoms with E-state index in [2.05, 4.69) is 10.6 Å². The number of ether oxygens (including phenoxy) is 3. The van der Waals surface area contributed by atoms with Gasteiger partial charge in [-0.3, -0.25) is 14.4 Å². The van der Waals surface area contributed by atoms with Crippen molar-refractivity contribution in [3.63, 3.8) is 0 Å². The number of likely N-dealkylation sites (N-methyl/N-ethyl adjacent to an activating group) is 1. The summed E-state index contributed by atoms with van der Waals surface area (Å²) in [5.41, 5.74) is 6.55. The number of aliphatic hydroxyl groups excluding tert-OH is 1. The molecule has 1 aliphatic heterocycles. The second kappa shape index (κ2) is 15.5. The van der Waals surface area contributed by atoms with Crippen molar-refractivity contribution >= 4 is 23.6 Å². The van der Waals surface area contributed by atoms with E-state index in [-0.39, 0.29) is 34.9 Å². The summed E-state index contributed by atoms with van der Waals surface area (Å²) in [6.45, 7) is 9.25. The average molecular weight is 574 g/mol. The molecule has 5 N–H and O–H groups in total. The van der Waals surface area contributed by atoms with E-state index < -0.39 is 53.9 Å². The lowest BCUT2D eigenvalue weighted by Gasteiger charge is -2.30. The Balaban J connectivity index is 2.61. The molecule has 0 radical (unpaired) electrons. The highest BCUT2D eigenvalue weighted by Gasteiger charge is 2.33. The van der Waals surface area contributed by atoms with Gasteiger partial charge in [0.25, 0.3) is 5.91 Å². The predicted octanol–water partition coefficient (Wildman–Crippen LogP) is 2.37. The van der Waals surface area contributed by atoms with Crippen LogP contribution in [-0.4, -0.2) is 73.9 Å². The second-order valence-electron chi connectivity index (χ2n) is 10.5. The minimum Gasteiger partial charge on any atom is -0.439 e. The number of aliphatic hydroxyl groups is 1. The van der Waals surface area contributed by atoms with Crippen molar-refractivity contribution in [2.45, 2.75) is 71.9 Å². The molecule has 2 rings (SSSR count). The van der Waals surface area contributed by atoms with Gasteiger partial charge in [0, 0.05) is 43.9 Å². The Morgan fingerprint density at radius 1 is 1.17 bits per heavy atom. The molecular formula is C30H43N3O8. The van der Waals surface area contributed by atoms with Crippen molar-refractivity contribution in [1.29, 1.82) is 0 Å². The Kier molecular flexibility index (Phi) is 12.7. The summed E-state index contributed by atoms with van der Waals surface area (Å²) < 4.78 is 16.5. The van der Waals surface area contributed by atoms with E-state index in [1.54, 1.807) is 32.1 Å². The number of fused-ring (bicyclic) bond motifs is 2. The van der Waals surface area contributed by atoms with Crippen molar-refractivity contribution in [2.75, 3.05) is 20.8 Å². The summed E-state index contributed by atoms with van der Waals surface area (Å²) in [7, 11) is 2.93. The SMILES string of the molecule is CCNC1=C2C[C@@H](C)C[C@H](OC)[C@H](O)[C@@H](C)C=C(C)[C@H](OC(N)=O)[C@@H](OC)C=CC=C(C)C(=O)NC(=CC1=O)C2=O. The van der Waals surface area contributed by atoms with Crippen LogP contribution in [0.1, 0.15) is 47.5 Å². The zero-order valence-electron chi connectivity index (χ0n) is 24.9. The number of allylic oxidation sites excluding steroid dienone is 4. The summed E-state index contributed by atoms with van der Waals surface area (Å²) in [5.74, 6) is -2.03. The first-order chi connectivity index (χ1) is 19.3. The molecule has 0 saturated heterocycles. The largest absolute Gasteiger partial charge is 0.439 e. The van der Waals surface area contributed by atoms with Crippen LogP contribution in [0.25, 0.3) is 0 Å². The molecule has 0 aromatic heterocycles. The number of hydrogen-bond donors (Lipinski definition) is 4. The first kappa shape index (κ1) is 33.7. The van der Waals surface area contributed by atoms with Crippen molar-refractivity contribution < 1.29 is 38.5 Å². The van der Waals surface area contributed by atoms with Gasteiger partial charge in [-0.2, -0.15) is 0 Å². The fourth-order valence-corrected chi connectivity index (χ4v) is 4.96. The molecule has 2 aliphatic rings. The molecule has 0 aromatic carbocycles. The Hall–Kier alpha value is -3.54. The van der Waals surface area contributed by atoms with Gasteiger partial charge in [0.15, 0.2) is 6.10 Å². The maximum atomic E-state index is 13.5. The molecule has 11 heteroatoms. The molecule has 0 aromatic rings. The number of Topliss-reactive ketones (excluding diaryl/α,β-unsaturated/α-hetero) is 1. The van der Waals surface area contributed by atoms with Gasteiger partial charge in [-0.1, -0.05) is 38.2 Å². The van der Waals surface area contributed by atoms with Crippen LogP contribution in [0, 0.1) is 11.8 Å². The van der Waals surface area contributed by atoms with Gasteiger partial charge in [0.1, 0.15) is 6.10 Å². The van der Waals surface area contributed by atoms with Gasteiger partial charge in [0.05, 0.1) is 23.6 Å². The highest BCUT2D eigenvalue weighted by molar-refractivity contribution is 6.23. The van der Waals surface area contributed by atoms with Gasteiger partial charge in [-0.05, 0) is 45.1 Å². The number of nitrogens with one attached hydrogen (secondary N) is 2. The molecule has 0 fully saturated rings. The van der Waals surface area contributed by atoms with Crippen molar-refractivity contribution in [2.24, 2.45) is 17.6 Å². The fourth-order valence-electron chi connectivity index (χ4n) is 4.96. The molecule has 0 saturated carbocycles. The topological polar surface area (TPSA) is 166 Å². The summed E-state index contributed by atoms with van der Waals surface area (Å²) in [5, 5.41) is 16.8. The number of rotatable bonds is 5. The van der Waals surface area contributed by atoms with Gasteiger partial charge in [-0.25, -0.2) is 4.79 Å². The maximum Gasteiger partial charge on any atom is 0.405 e. The van der Waals surface area contributed by atoms with Crippen LogP contribution < -0.4 is 16.4 Å². The number of hydrogen-bond acceptors (Lipinski definition) is 9. The molecule has 1 heterocycles. The number of ketones is 2. The lowest BCUT2D eigenvalue weighted by molar-refractivity contribution is -0.120. The van der Waals surface area contributed by atoms with Crippen LogP contribution in [0.15, 0.2) is 58.5 Å². The van der Waals surface area contributed by atoms with Crippen LogP contribution in [0.2, 0.25) is 0 Å². The molecule has 6 atom stereocenters. The van der Waals surface area contributed by atoms with E-state index >= 15 is 0 Å². The first-order valence-electron chi connectivity index (χ1n) is 13.7. The maximum absolute atomic E-state index is 13.5. The normalized spacial score (nSPS) is 28.9. The molecule has 2 bridgehead atoms. The summed E-state index contributed by atoms with van der Waals surface area (Å²) in [6.07, 6.45) is 3.91. The Labute approximate surface area is 241 Å². The third kappa shape index (κ3) is 8.97. The average Bonchev–Trinajstić information content (AvgIpc) is 2.92. The number of methoxy groups -OCH3 is 2. The van der Waals surface area contributed by atoms with Crippen LogP contribution in [0.3, 0.4) is 0 Å². The van der Waals surface area contributed by atoms with Gasteiger partial charge in [0.2, 0.25) is 11.6 Å². The van der Waals surface area contributed by atoms with E-state index in [0.717, 1.165) is 6.08 Å². The minimum atomic E-state index is -0.996. The van der Waals surface area contributed by atoms with E-state index in [0.29, 0.717) is 18.5 Å². The van der Waals surface area contributed by atoms with Crippen molar-refractivity contribution in [3.05, 3.63) is 58.5 Å². The molecule has 0 spiro atoms. The number of carbonyl (C=O) groups is 4. The van der Waals surface area contributed by atoms with Gasteiger partial charge >= 0.3 is 6.09 Å². The van der Waals surface area contributed by atoms with Crippen LogP contribution in [0.4, 0.5) is 4.79 Å². The zero-order valence-corrected chi connectivity index (χ0v) is 24.9. The summed E-state index contributed by atoms with van der Waals surface area (Å²) >= 11 is 0. The number of carbonyl (C=O) groups excluding carboxylic acids is 4. The van der Waals surface area contributed by atoms with Gasteiger partial charge < -0.3 is 35.7 Å². The summed E-state index contributed by atoms with van der Waals surface area (Å²) in [6, 6.07) is 0. The van der Waals surface area contributed by atoms with Crippen LogP contribution in [-0.2, 0) is 28.6 Å². The Morgan fingerprint density at radius 3 is 2.44 bits per heavy atom. The molecule has 226 valence electrons. The third-order valence-electron chi connectivity index (χ3n) is 7.15. The molecule has 1 aliphatic carbocycles. The quantitative estimate of drug-likeness (QED) is 0.285. The number of primary amides is 1. The first-order valence-corrected chi connectivity index (χ1v) is 13.7. The van der Waals surface area contributed by atoms with Crippen LogP contribution in [0.5, 0.6) is 0 Å². The van der Waals surface area contributed by atoms with Gasteiger partial charge in [-0.15, -0.1) is 0 Å². The lowest BCUT2D eigenvalue weighted by Crippen LogP contribution is -2.37. The van der Waals surface area contributed by atoms with E-state index in [1.807, 2.05) is 20.8 Å². The predicted molar refractivity (Wildman–Crippen MR) is 153 cm³/mol. The highest BCUT2D eigenvalue weighted by Crippen LogP contribution is 2.28. The Bertz CT molecular complexity index is 1170. The third-order valence-corrected chi connectivity index (χ3v) is 7.15. The lowest BCUT2D eigenvalue weighted by atomic mass is 9.85. The monoisotopic (exact) mass is 573 g/mol. The molecule has 41 heavy (non-hydrogen) atoms. The molecule has 0 unspecified atom stereocenters. The zero-order chi connectivity index (χ0) is 30.9. The highest BCUT2D eigenvalue weighted by atomic mass is 16.6. The number of amides is 2. The van der Waals surface area contributed by atoms with E-state index in [1.165, 1.54) is 20.3 Å². The standard InChI is InChI=1S/C30H43N3O8/c1-8-32-25-20-12-16(2)13-24(40-7)26(35)18(4)14-19(5)28(41-30(31)38)23(39-6)11-9-10-17(3)29(37)33-21(27(20)36)15-22(25)34/h9-11,14-16,18,23-24,26,28,32,35H,8,12-13H2,1-7H3,(H2,31,38)(H,33,37)/t16-,18+,23+,24+,26-,28+/m1/s1. The van der Waals surface area contributed by atoms with Crippen LogP contribution >= 0.6 is 0 Å². The molecule has 2 amide bonds. The fraction of sp³-hybridized carbons (Fsp3) is 0.533. The molecule has 11 nitrogen and oxygen atoms in total.